The molecular weight excluding hydrogens is 508 g/mol. The third-order valence-corrected chi connectivity index (χ3v) is 7.67. The first-order chi connectivity index (χ1) is 18.3. The van der Waals surface area contributed by atoms with E-state index < -0.39 is 34.5 Å². The number of carboxylic acid groups (broad SMARTS) is 1. The Hall–Kier alpha value is -4.03. The van der Waals surface area contributed by atoms with E-state index in [1.165, 1.54) is 24.3 Å². The standard InChI is InChI=1S/C26H30N6O5S/c33-24(29-17-23(25(34)35)31-38(36,37)22-8-2-1-3-9-22)19-10-12-21(13-11-19)32-16-5-4-7-20(18-32)30-26-27-14-6-15-28-26/h1-3,6,8-15,20,23,31H,4-5,7,16-18H2,(H,29,33)(H,34,35)(H,27,28,30)/t20-,23-/m0/s1. The van der Waals surface area contributed by atoms with Crippen LogP contribution in [-0.2, 0) is 14.8 Å². The normalized spacial score (nSPS) is 16.7. The summed E-state index contributed by atoms with van der Waals surface area (Å²) < 4.78 is 27.1. The second-order valence-corrected chi connectivity index (χ2v) is 10.7. The summed E-state index contributed by atoms with van der Waals surface area (Å²) in [6, 6.07) is 14.9. The maximum Gasteiger partial charge on any atom is 0.323 e. The lowest BCUT2D eigenvalue weighted by molar-refractivity contribution is -0.138. The summed E-state index contributed by atoms with van der Waals surface area (Å²) in [4.78, 5) is 35.0. The Balaban J connectivity index is 1.35. The lowest BCUT2D eigenvalue weighted by atomic mass is 10.1. The fourth-order valence-corrected chi connectivity index (χ4v) is 5.42. The molecule has 1 fully saturated rings. The Morgan fingerprint density at radius 3 is 2.39 bits per heavy atom. The fraction of sp³-hybridized carbons (Fsp3) is 0.308. The van der Waals surface area contributed by atoms with Gasteiger partial charge in [-0.05, 0) is 61.7 Å². The quantitative estimate of drug-likeness (QED) is 0.304. The van der Waals surface area contributed by atoms with Crippen molar-refractivity contribution in [2.75, 3.05) is 29.9 Å². The topological polar surface area (TPSA) is 154 Å². The molecule has 1 aliphatic rings. The van der Waals surface area contributed by atoms with Crippen LogP contribution in [0.4, 0.5) is 11.6 Å². The third kappa shape index (κ3) is 7.26. The number of nitrogens with one attached hydrogen (secondary N) is 3. The molecule has 0 aliphatic carbocycles. The molecule has 4 rings (SSSR count). The van der Waals surface area contributed by atoms with E-state index >= 15 is 0 Å². The van der Waals surface area contributed by atoms with Crippen molar-refractivity contribution >= 4 is 33.5 Å². The van der Waals surface area contributed by atoms with Crippen molar-refractivity contribution in [3.8, 4) is 0 Å². The number of sulfonamides is 1. The number of amides is 1. The largest absolute Gasteiger partial charge is 0.480 e. The van der Waals surface area contributed by atoms with E-state index in [1.807, 2.05) is 12.1 Å². The van der Waals surface area contributed by atoms with E-state index in [1.54, 1.807) is 36.7 Å². The molecule has 2 atom stereocenters. The summed E-state index contributed by atoms with van der Waals surface area (Å²) in [5, 5.41) is 15.4. The summed E-state index contributed by atoms with van der Waals surface area (Å²) in [5.41, 5.74) is 1.30. The van der Waals surface area contributed by atoms with Gasteiger partial charge in [-0.3, -0.25) is 9.59 Å². The highest BCUT2D eigenvalue weighted by molar-refractivity contribution is 7.89. The molecule has 0 spiro atoms. The number of carbonyl (C=O) groups is 2. The van der Waals surface area contributed by atoms with Crippen molar-refractivity contribution in [1.82, 2.24) is 20.0 Å². The molecule has 1 aromatic heterocycles. The predicted molar refractivity (Wildman–Crippen MR) is 142 cm³/mol. The average molecular weight is 539 g/mol. The predicted octanol–water partition coefficient (Wildman–Crippen LogP) is 2.11. The molecule has 2 aromatic carbocycles. The molecule has 0 saturated carbocycles. The highest BCUT2D eigenvalue weighted by Crippen LogP contribution is 2.21. The van der Waals surface area contributed by atoms with Gasteiger partial charge in [0.1, 0.15) is 6.04 Å². The zero-order valence-corrected chi connectivity index (χ0v) is 21.5. The van der Waals surface area contributed by atoms with E-state index in [-0.39, 0.29) is 10.9 Å². The van der Waals surface area contributed by atoms with Crippen molar-refractivity contribution in [2.24, 2.45) is 0 Å². The number of aromatic nitrogens is 2. The Bertz CT molecular complexity index is 1320. The van der Waals surface area contributed by atoms with Gasteiger partial charge < -0.3 is 20.6 Å². The summed E-state index contributed by atoms with van der Waals surface area (Å²) in [5.74, 6) is -1.30. The SMILES string of the molecule is O=C(NC[C@H](NS(=O)(=O)c1ccccc1)C(=O)O)c1ccc(N2CCCC[C@H](Nc3ncccn3)C2)cc1. The van der Waals surface area contributed by atoms with Gasteiger partial charge in [-0.15, -0.1) is 0 Å². The van der Waals surface area contributed by atoms with Gasteiger partial charge in [-0.2, -0.15) is 4.72 Å². The average Bonchev–Trinajstić information content (AvgIpc) is 3.17. The van der Waals surface area contributed by atoms with Gasteiger partial charge in [0, 0.05) is 49.3 Å². The van der Waals surface area contributed by atoms with Crippen LogP contribution in [-0.4, -0.2) is 67.1 Å². The van der Waals surface area contributed by atoms with Crippen LogP contribution in [0.2, 0.25) is 0 Å². The Labute approximate surface area is 221 Å². The fourth-order valence-electron chi connectivity index (χ4n) is 4.21. The van der Waals surface area contributed by atoms with E-state index in [9.17, 15) is 23.1 Å². The number of anilines is 2. The van der Waals surface area contributed by atoms with Gasteiger partial charge in [-0.25, -0.2) is 18.4 Å². The van der Waals surface area contributed by atoms with Gasteiger partial charge in [0.15, 0.2) is 0 Å². The first-order valence-electron chi connectivity index (χ1n) is 12.3. The first kappa shape index (κ1) is 27.0. The number of hydrogen-bond donors (Lipinski definition) is 4. The summed E-state index contributed by atoms with van der Waals surface area (Å²) in [6.45, 7) is 1.22. The molecule has 12 heteroatoms. The monoisotopic (exact) mass is 538 g/mol. The van der Waals surface area contributed by atoms with Crippen LogP contribution >= 0.6 is 0 Å². The van der Waals surface area contributed by atoms with Crippen molar-refractivity contribution in [2.45, 2.75) is 36.2 Å². The van der Waals surface area contributed by atoms with E-state index in [0.29, 0.717) is 11.5 Å². The van der Waals surface area contributed by atoms with Crippen LogP contribution in [0.1, 0.15) is 29.6 Å². The molecular formula is C26H30N6O5S. The van der Waals surface area contributed by atoms with Gasteiger partial charge in [-0.1, -0.05) is 18.2 Å². The molecule has 2 heterocycles. The summed E-state index contributed by atoms with van der Waals surface area (Å²) >= 11 is 0. The minimum absolute atomic E-state index is 0.0598. The summed E-state index contributed by atoms with van der Waals surface area (Å²) in [7, 11) is -4.06. The lowest BCUT2D eigenvalue weighted by Gasteiger charge is -2.27. The zero-order chi connectivity index (χ0) is 27.0. The summed E-state index contributed by atoms with van der Waals surface area (Å²) in [6.07, 6.45) is 6.49. The van der Waals surface area contributed by atoms with Crippen molar-refractivity contribution < 1.29 is 23.1 Å². The molecule has 1 aliphatic heterocycles. The molecule has 4 N–H and O–H groups in total. The molecule has 11 nitrogen and oxygen atoms in total. The van der Waals surface area contributed by atoms with Crippen molar-refractivity contribution in [3.63, 3.8) is 0 Å². The second kappa shape index (κ2) is 12.5. The highest BCUT2D eigenvalue weighted by Gasteiger charge is 2.26. The van der Waals surface area contributed by atoms with Crippen molar-refractivity contribution in [3.05, 3.63) is 78.6 Å². The van der Waals surface area contributed by atoms with Crippen molar-refractivity contribution in [1.29, 1.82) is 0 Å². The highest BCUT2D eigenvalue weighted by atomic mass is 32.2. The Morgan fingerprint density at radius 1 is 1.00 bits per heavy atom. The molecule has 3 aromatic rings. The molecule has 0 unspecified atom stereocenters. The van der Waals surface area contributed by atoms with Crippen LogP contribution in [0.25, 0.3) is 0 Å². The smallest absolute Gasteiger partial charge is 0.323 e. The van der Waals surface area contributed by atoms with Gasteiger partial charge >= 0.3 is 5.97 Å². The van der Waals surface area contributed by atoms with Gasteiger partial charge in [0.25, 0.3) is 5.91 Å². The van der Waals surface area contributed by atoms with Crippen LogP contribution in [0.15, 0.2) is 78.0 Å². The maximum atomic E-state index is 12.7. The molecule has 0 radical (unpaired) electrons. The zero-order valence-electron chi connectivity index (χ0n) is 20.7. The van der Waals surface area contributed by atoms with Gasteiger partial charge in [0.2, 0.25) is 16.0 Å². The minimum atomic E-state index is -4.06. The first-order valence-corrected chi connectivity index (χ1v) is 13.8. The number of carbonyl (C=O) groups excluding carboxylic acids is 1. The number of hydrogen-bond acceptors (Lipinski definition) is 8. The number of nitrogens with zero attached hydrogens (tertiary/aromatic N) is 3. The molecule has 1 amide bonds. The Kier molecular flexibility index (Phi) is 8.87. The second-order valence-electron chi connectivity index (χ2n) is 8.94. The van der Waals surface area contributed by atoms with Crippen LogP contribution < -0.4 is 20.3 Å². The Morgan fingerprint density at radius 2 is 1.71 bits per heavy atom. The molecule has 38 heavy (non-hydrogen) atoms. The minimum Gasteiger partial charge on any atom is -0.480 e. The lowest BCUT2D eigenvalue weighted by Crippen LogP contribution is -2.48. The van der Waals surface area contributed by atoms with Crippen LogP contribution in [0.5, 0.6) is 0 Å². The number of benzene rings is 2. The third-order valence-electron chi connectivity index (χ3n) is 6.18. The number of carboxylic acids is 1. The van der Waals surface area contributed by atoms with E-state index in [0.717, 1.165) is 38.0 Å². The van der Waals surface area contributed by atoms with E-state index in [2.05, 4.69) is 30.2 Å². The van der Waals surface area contributed by atoms with Crippen LogP contribution in [0.3, 0.4) is 0 Å². The number of aliphatic carboxylic acids is 1. The maximum absolute atomic E-state index is 12.7. The molecule has 1 saturated heterocycles. The van der Waals surface area contributed by atoms with Crippen LogP contribution in [0, 0.1) is 0 Å². The van der Waals surface area contributed by atoms with Gasteiger partial charge in [0.05, 0.1) is 4.90 Å². The van der Waals surface area contributed by atoms with E-state index in [4.69, 9.17) is 0 Å². The number of rotatable bonds is 10. The molecule has 200 valence electrons. The molecule has 0 bridgehead atoms.